The summed E-state index contributed by atoms with van der Waals surface area (Å²) in [5.74, 6) is 0. The first-order valence-corrected chi connectivity index (χ1v) is 11.6. The summed E-state index contributed by atoms with van der Waals surface area (Å²) in [5.41, 5.74) is 6.24. The van der Waals surface area contributed by atoms with Gasteiger partial charge in [-0.25, -0.2) is 0 Å². The zero-order chi connectivity index (χ0) is 23.0. The second-order valence-electron chi connectivity index (χ2n) is 9.03. The summed E-state index contributed by atoms with van der Waals surface area (Å²) in [5, 5.41) is 16.4. The van der Waals surface area contributed by atoms with Crippen LogP contribution in [0, 0.1) is 0 Å². The highest BCUT2D eigenvalue weighted by atomic mass is 16.5. The molecule has 1 aliphatic heterocycles. The molecule has 0 bridgehead atoms. The molecule has 6 nitrogen and oxygen atoms in total. The Morgan fingerprint density at radius 1 is 0.970 bits per heavy atom. The molecule has 1 N–H and O–H groups in total. The van der Waals surface area contributed by atoms with Crippen LogP contribution in [0.5, 0.6) is 0 Å². The summed E-state index contributed by atoms with van der Waals surface area (Å²) in [6, 6.07) is 18.8. The predicted molar refractivity (Wildman–Crippen MR) is 132 cm³/mol. The Kier molecular flexibility index (Phi) is 5.64. The minimum atomic E-state index is -0.901. The van der Waals surface area contributed by atoms with Gasteiger partial charge < -0.3 is 14.7 Å². The van der Waals surface area contributed by atoms with E-state index in [0.29, 0.717) is 0 Å². The maximum absolute atomic E-state index is 10.3. The third-order valence-corrected chi connectivity index (χ3v) is 6.33. The number of nitrogens with zero attached hydrogens (tertiary/aromatic N) is 4. The number of pyridine rings is 1. The van der Waals surface area contributed by atoms with Crippen molar-refractivity contribution in [2.45, 2.75) is 32.9 Å². The first-order valence-electron chi connectivity index (χ1n) is 11.6. The van der Waals surface area contributed by atoms with Crippen molar-refractivity contribution < 1.29 is 9.84 Å². The van der Waals surface area contributed by atoms with E-state index in [1.165, 1.54) is 5.69 Å². The normalized spacial score (nSPS) is 14.7. The minimum Gasteiger partial charge on any atom is -0.386 e. The largest absolute Gasteiger partial charge is 0.386 e. The van der Waals surface area contributed by atoms with Crippen molar-refractivity contribution in [3.63, 3.8) is 0 Å². The van der Waals surface area contributed by atoms with Crippen LogP contribution < -0.4 is 4.90 Å². The van der Waals surface area contributed by atoms with Crippen LogP contribution in [0.1, 0.15) is 26.3 Å². The molecule has 0 radical (unpaired) electrons. The van der Waals surface area contributed by atoms with Gasteiger partial charge in [-0.3, -0.25) is 9.67 Å². The average molecular weight is 443 g/mol. The van der Waals surface area contributed by atoms with Crippen LogP contribution in [-0.2, 0) is 16.9 Å². The Labute approximate surface area is 194 Å². The van der Waals surface area contributed by atoms with E-state index < -0.39 is 5.60 Å². The first-order chi connectivity index (χ1) is 15.9. The molecule has 4 aromatic rings. The summed E-state index contributed by atoms with van der Waals surface area (Å²) < 4.78 is 7.59. The Bertz CT molecular complexity index is 1270. The Balaban J connectivity index is 1.52. The molecule has 0 spiro atoms. The number of morpholine rings is 1. The van der Waals surface area contributed by atoms with Gasteiger partial charge in [0.15, 0.2) is 0 Å². The smallest absolute Gasteiger partial charge is 0.100 e. The highest BCUT2D eigenvalue weighted by molar-refractivity contribution is 5.95. The Morgan fingerprint density at radius 3 is 2.39 bits per heavy atom. The van der Waals surface area contributed by atoms with E-state index in [1.54, 1.807) is 20.0 Å². The maximum Gasteiger partial charge on any atom is 0.100 e. The molecule has 0 amide bonds. The standard InChI is InChI=1S/C27H30N4O2/c1-4-31-25-10-9-22(30-13-15-33-16-14-30)18-23(25)26(29-31)20-7-5-19(6-8-20)24-17-21(11-12-28-24)27(2,3)32/h5-12,17-18,32H,4,13-16H2,1-3H3. The molecule has 5 rings (SSSR count). The Hall–Kier alpha value is -3.22. The maximum atomic E-state index is 10.3. The van der Waals surface area contributed by atoms with Crippen LogP contribution in [0.4, 0.5) is 5.69 Å². The molecule has 0 saturated carbocycles. The fourth-order valence-electron chi connectivity index (χ4n) is 4.41. The fraction of sp³-hybridized carbons (Fsp3) is 0.333. The lowest BCUT2D eigenvalue weighted by Crippen LogP contribution is -2.36. The summed E-state index contributed by atoms with van der Waals surface area (Å²) in [6.45, 7) is 9.87. The lowest BCUT2D eigenvalue weighted by atomic mass is 9.97. The van der Waals surface area contributed by atoms with Crippen molar-refractivity contribution in [1.82, 2.24) is 14.8 Å². The van der Waals surface area contributed by atoms with Gasteiger partial charge in [-0.2, -0.15) is 5.10 Å². The van der Waals surface area contributed by atoms with Crippen LogP contribution in [0.3, 0.4) is 0 Å². The highest BCUT2D eigenvalue weighted by Crippen LogP contribution is 2.33. The second kappa shape index (κ2) is 8.61. The van der Waals surface area contributed by atoms with E-state index >= 15 is 0 Å². The van der Waals surface area contributed by atoms with Gasteiger partial charge in [-0.15, -0.1) is 0 Å². The second-order valence-corrected chi connectivity index (χ2v) is 9.03. The van der Waals surface area contributed by atoms with Crippen molar-refractivity contribution in [1.29, 1.82) is 0 Å². The first kappa shape index (κ1) is 21.6. The summed E-state index contributed by atoms with van der Waals surface area (Å²) >= 11 is 0. The molecule has 33 heavy (non-hydrogen) atoms. The molecular weight excluding hydrogens is 412 g/mol. The summed E-state index contributed by atoms with van der Waals surface area (Å²) in [7, 11) is 0. The molecule has 1 fully saturated rings. The third-order valence-electron chi connectivity index (χ3n) is 6.33. The lowest BCUT2D eigenvalue weighted by molar-refractivity contribution is 0.0785. The number of hydrogen-bond donors (Lipinski definition) is 1. The number of aromatic nitrogens is 3. The molecule has 1 aliphatic rings. The SMILES string of the molecule is CCn1nc(-c2ccc(-c3cc(C(C)(C)O)ccn3)cc2)c2cc(N3CCOCC3)ccc21. The molecule has 0 atom stereocenters. The highest BCUT2D eigenvalue weighted by Gasteiger charge is 2.18. The average Bonchev–Trinajstić information content (AvgIpc) is 3.22. The van der Waals surface area contributed by atoms with Crippen LogP contribution in [0.2, 0.25) is 0 Å². The molecular formula is C27H30N4O2. The number of anilines is 1. The summed E-state index contributed by atoms with van der Waals surface area (Å²) in [4.78, 5) is 6.89. The molecule has 0 aliphatic carbocycles. The van der Waals surface area contributed by atoms with E-state index in [4.69, 9.17) is 9.84 Å². The van der Waals surface area contributed by atoms with Crippen molar-refractivity contribution >= 4 is 16.6 Å². The lowest BCUT2D eigenvalue weighted by Gasteiger charge is -2.28. The van der Waals surface area contributed by atoms with Crippen molar-refractivity contribution in [3.8, 4) is 22.5 Å². The predicted octanol–water partition coefficient (Wildman–Crippen LogP) is 4.85. The molecule has 0 unspecified atom stereocenters. The number of aliphatic hydroxyl groups is 1. The molecule has 2 aromatic carbocycles. The third kappa shape index (κ3) is 4.24. The van der Waals surface area contributed by atoms with Crippen LogP contribution in [0.25, 0.3) is 33.4 Å². The van der Waals surface area contributed by atoms with Gasteiger partial charge >= 0.3 is 0 Å². The van der Waals surface area contributed by atoms with Gasteiger partial charge in [0.2, 0.25) is 0 Å². The number of benzene rings is 2. The molecule has 2 aromatic heterocycles. The number of ether oxygens (including phenoxy) is 1. The van der Waals surface area contributed by atoms with E-state index in [0.717, 1.165) is 71.8 Å². The van der Waals surface area contributed by atoms with Gasteiger partial charge in [0.05, 0.1) is 30.0 Å². The van der Waals surface area contributed by atoms with Gasteiger partial charge in [0, 0.05) is 48.0 Å². The van der Waals surface area contributed by atoms with Crippen molar-refractivity contribution in [2.24, 2.45) is 0 Å². The summed E-state index contributed by atoms with van der Waals surface area (Å²) in [6.07, 6.45) is 1.75. The topological polar surface area (TPSA) is 63.4 Å². The number of rotatable bonds is 5. The van der Waals surface area contributed by atoms with Gasteiger partial charge in [-0.1, -0.05) is 24.3 Å². The van der Waals surface area contributed by atoms with Crippen LogP contribution in [0.15, 0.2) is 60.8 Å². The zero-order valence-electron chi connectivity index (χ0n) is 19.5. The van der Waals surface area contributed by atoms with Crippen LogP contribution in [-0.4, -0.2) is 46.2 Å². The number of aryl methyl sites for hydroxylation is 1. The fourth-order valence-corrected chi connectivity index (χ4v) is 4.41. The van der Waals surface area contributed by atoms with Crippen molar-refractivity contribution in [3.05, 3.63) is 66.4 Å². The van der Waals surface area contributed by atoms with Gasteiger partial charge in [0.1, 0.15) is 5.69 Å². The van der Waals surface area contributed by atoms with Gasteiger partial charge in [-0.05, 0) is 56.7 Å². The monoisotopic (exact) mass is 442 g/mol. The number of hydrogen-bond acceptors (Lipinski definition) is 5. The molecule has 170 valence electrons. The van der Waals surface area contributed by atoms with E-state index in [-0.39, 0.29) is 0 Å². The number of fused-ring (bicyclic) bond motifs is 1. The van der Waals surface area contributed by atoms with Crippen LogP contribution >= 0.6 is 0 Å². The quantitative estimate of drug-likeness (QED) is 0.479. The van der Waals surface area contributed by atoms with Gasteiger partial charge in [0.25, 0.3) is 0 Å². The van der Waals surface area contributed by atoms with E-state index in [1.807, 2.05) is 12.1 Å². The molecule has 6 heteroatoms. The zero-order valence-corrected chi connectivity index (χ0v) is 19.5. The Morgan fingerprint density at radius 2 is 1.70 bits per heavy atom. The van der Waals surface area contributed by atoms with E-state index in [9.17, 15) is 5.11 Å². The van der Waals surface area contributed by atoms with E-state index in [2.05, 4.69) is 64.0 Å². The molecule has 3 heterocycles. The minimum absolute atomic E-state index is 0.767. The molecule has 1 saturated heterocycles. The van der Waals surface area contributed by atoms with Crippen molar-refractivity contribution in [2.75, 3.05) is 31.2 Å².